The van der Waals surface area contributed by atoms with E-state index in [0.717, 1.165) is 22.6 Å². The SMILES string of the molecule is CNC(Cc1cccc(Cl)c1)c1ccc(F)c(Br)c1. The molecule has 0 saturated heterocycles. The van der Waals surface area contributed by atoms with Crippen LogP contribution in [0.3, 0.4) is 0 Å². The molecule has 1 N–H and O–H groups in total. The minimum atomic E-state index is -0.249. The molecule has 0 aliphatic carbocycles. The number of hydrogen-bond donors (Lipinski definition) is 1. The summed E-state index contributed by atoms with van der Waals surface area (Å²) >= 11 is 9.20. The van der Waals surface area contributed by atoms with Gasteiger partial charge >= 0.3 is 0 Å². The molecule has 1 unspecified atom stereocenters. The lowest BCUT2D eigenvalue weighted by atomic mass is 9.99. The second-order valence-electron chi connectivity index (χ2n) is 4.35. The highest BCUT2D eigenvalue weighted by Crippen LogP contribution is 2.24. The first-order chi connectivity index (χ1) is 9.10. The highest BCUT2D eigenvalue weighted by molar-refractivity contribution is 9.10. The quantitative estimate of drug-likeness (QED) is 0.846. The molecular weight excluding hydrogens is 329 g/mol. The molecule has 2 aromatic carbocycles. The Balaban J connectivity index is 2.22. The summed E-state index contributed by atoms with van der Waals surface area (Å²) in [5.41, 5.74) is 2.18. The van der Waals surface area contributed by atoms with Gasteiger partial charge in [0.25, 0.3) is 0 Å². The van der Waals surface area contributed by atoms with E-state index in [4.69, 9.17) is 11.6 Å². The number of hydrogen-bond acceptors (Lipinski definition) is 1. The van der Waals surface area contributed by atoms with Crippen molar-refractivity contribution < 1.29 is 4.39 Å². The maximum absolute atomic E-state index is 13.3. The van der Waals surface area contributed by atoms with Crippen LogP contribution >= 0.6 is 27.5 Å². The van der Waals surface area contributed by atoms with Gasteiger partial charge in [-0.25, -0.2) is 4.39 Å². The lowest BCUT2D eigenvalue weighted by Crippen LogP contribution is -2.18. The van der Waals surface area contributed by atoms with Crippen LogP contribution in [0.1, 0.15) is 17.2 Å². The molecule has 4 heteroatoms. The Bertz CT molecular complexity index is 574. The van der Waals surface area contributed by atoms with Gasteiger partial charge in [-0.15, -0.1) is 0 Å². The topological polar surface area (TPSA) is 12.0 Å². The van der Waals surface area contributed by atoms with Crippen molar-refractivity contribution in [3.63, 3.8) is 0 Å². The minimum Gasteiger partial charge on any atom is -0.313 e. The van der Waals surface area contributed by atoms with Gasteiger partial charge in [0.1, 0.15) is 5.82 Å². The Morgan fingerprint density at radius 1 is 1.26 bits per heavy atom. The van der Waals surface area contributed by atoms with Crippen molar-refractivity contribution in [3.05, 3.63) is 68.9 Å². The third kappa shape index (κ3) is 3.78. The van der Waals surface area contributed by atoms with Crippen molar-refractivity contribution in [1.82, 2.24) is 5.32 Å². The Kier molecular flexibility index (Phi) is 4.97. The molecule has 0 bridgehead atoms. The number of rotatable bonds is 4. The largest absolute Gasteiger partial charge is 0.313 e. The van der Waals surface area contributed by atoms with E-state index in [1.54, 1.807) is 12.1 Å². The van der Waals surface area contributed by atoms with Crippen LogP contribution in [0.15, 0.2) is 46.9 Å². The van der Waals surface area contributed by atoms with Gasteiger partial charge in [-0.05, 0) is 64.8 Å². The van der Waals surface area contributed by atoms with Gasteiger partial charge in [-0.3, -0.25) is 0 Å². The van der Waals surface area contributed by atoms with E-state index in [1.165, 1.54) is 6.07 Å². The van der Waals surface area contributed by atoms with E-state index in [-0.39, 0.29) is 11.9 Å². The molecule has 0 aromatic heterocycles. The molecule has 0 aliphatic heterocycles. The first-order valence-electron chi connectivity index (χ1n) is 5.97. The van der Waals surface area contributed by atoms with Crippen LogP contribution in [-0.2, 0) is 6.42 Å². The van der Waals surface area contributed by atoms with Gasteiger partial charge in [-0.2, -0.15) is 0 Å². The highest BCUT2D eigenvalue weighted by atomic mass is 79.9. The van der Waals surface area contributed by atoms with E-state index in [0.29, 0.717) is 4.47 Å². The van der Waals surface area contributed by atoms with Gasteiger partial charge in [0.05, 0.1) is 4.47 Å². The van der Waals surface area contributed by atoms with E-state index in [1.807, 2.05) is 31.3 Å². The Labute approximate surface area is 125 Å². The van der Waals surface area contributed by atoms with E-state index in [9.17, 15) is 4.39 Å². The van der Waals surface area contributed by atoms with Crippen LogP contribution < -0.4 is 5.32 Å². The fourth-order valence-electron chi connectivity index (χ4n) is 2.02. The fourth-order valence-corrected chi connectivity index (χ4v) is 2.62. The van der Waals surface area contributed by atoms with Crippen LogP contribution in [0.25, 0.3) is 0 Å². The van der Waals surface area contributed by atoms with Crippen LogP contribution in [0, 0.1) is 5.82 Å². The molecule has 0 fully saturated rings. The zero-order chi connectivity index (χ0) is 13.8. The molecular formula is C15H14BrClFN. The molecule has 0 amide bonds. The third-order valence-electron chi connectivity index (χ3n) is 3.02. The normalized spacial score (nSPS) is 12.4. The van der Waals surface area contributed by atoms with Crippen molar-refractivity contribution in [3.8, 4) is 0 Å². The fraction of sp³-hybridized carbons (Fsp3) is 0.200. The number of nitrogens with one attached hydrogen (secondary N) is 1. The predicted octanol–water partition coefficient (Wildman–Crippen LogP) is 4.74. The zero-order valence-electron chi connectivity index (χ0n) is 10.5. The van der Waals surface area contributed by atoms with Crippen molar-refractivity contribution in [2.75, 3.05) is 7.05 Å². The zero-order valence-corrected chi connectivity index (χ0v) is 12.8. The van der Waals surface area contributed by atoms with Gasteiger partial charge < -0.3 is 5.32 Å². The first-order valence-corrected chi connectivity index (χ1v) is 7.14. The standard InChI is InChI=1S/C15H14BrClFN/c1-19-15(8-10-3-2-4-12(17)7-10)11-5-6-14(18)13(16)9-11/h2-7,9,15,19H,8H2,1H3. The van der Waals surface area contributed by atoms with Gasteiger partial charge in [0.2, 0.25) is 0 Å². The summed E-state index contributed by atoms with van der Waals surface area (Å²) in [6.07, 6.45) is 0.801. The summed E-state index contributed by atoms with van der Waals surface area (Å²) in [6, 6.07) is 13.0. The summed E-state index contributed by atoms with van der Waals surface area (Å²) < 4.78 is 13.7. The number of halogens is 3. The lowest BCUT2D eigenvalue weighted by Gasteiger charge is -2.17. The Hall–Kier alpha value is -0.900. The molecule has 100 valence electrons. The number of benzene rings is 2. The van der Waals surface area contributed by atoms with Crippen molar-refractivity contribution in [2.45, 2.75) is 12.5 Å². The summed E-state index contributed by atoms with van der Waals surface area (Å²) in [5, 5.41) is 3.98. The molecule has 0 saturated carbocycles. The second-order valence-corrected chi connectivity index (χ2v) is 5.64. The van der Waals surface area contributed by atoms with Crippen LogP contribution in [0.5, 0.6) is 0 Å². The third-order valence-corrected chi connectivity index (χ3v) is 3.87. The average Bonchev–Trinajstić information content (AvgIpc) is 2.39. The maximum Gasteiger partial charge on any atom is 0.137 e. The first kappa shape index (κ1) is 14.5. The van der Waals surface area contributed by atoms with Crippen molar-refractivity contribution in [1.29, 1.82) is 0 Å². The molecule has 0 spiro atoms. The van der Waals surface area contributed by atoms with Crippen LogP contribution in [-0.4, -0.2) is 7.05 Å². The lowest BCUT2D eigenvalue weighted by molar-refractivity contribution is 0.584. The molecule has 2 rings (SSSR count). The molecule has 0 aliphatic rings. The van der Waals surface area contributed by atoms with E-state index in [2.05, 4.69) is 21.2 Å². The van der Waals surface area contributed by atoms with E-state index < -0.39 is 0 Å². The molecule has 19 heavy (non-hydrogen) atoms. The summed E-state index contributed by atoms with van der Waals surface area (Å²) in [7, 11) is 1.90. The van der Waals surface area contributed by atoms with Gasteiger partial charge in [0.15, 0.2) is 0 Å². The highest BCUT2D eigenvalue weighted by Gasteiger charge is 2.12. The molecule has 0 radical (unpaired) electrons. The molecule has 1 atom stereocenters. The summed E-state index contributed by atoms with van der Waals surface area (Å²) in [6.45, 7) is 0. The second kappa shape index (κ2) is 6.51. The van der Waals surface area contributed by atoms with Gasteiger partial charge in [0, 0.05) is 11.1 Å². The average molecular weight is 343 g/mol. The molecule has 1 nitrogen and oxygen atoms in total. The number of likely N-dealkylation sites (N-methyl/N-ethyl adjacent to an activating group) is 1. The summed E-state index contributed by atoms with van der Waals surface area (Å²) in [4.78, 5) is 0. The molecule has 2 aromatic rings. The van der Waals surface area contributed by atoms with Crippen molar-refractivity contribution >= 4 is 27.5 Å². The molecule has 0 heterocycles. The summed E-state index contributed by atoms with van der Waals surface area (Å²) in [5.74, 6) is -0.249. The minimum absolute atomic E-state index is 0.121. The smallest absolute Gasteiger partial charge is 0.137 e. The Morgan fingerprint density at radius 2 is 2.05 bits per heavy atom. The maximum atomic E-state index is 13.3. The monoisotopic (exact) mass is 341 g/mol. The van der Waals surface area contributed by atoms with E-state index >= 15 is 0 Å². The van der Waals surface area contributed by atoms with Crippen molar-refractivity contribution in [2.24, 2.45) is 0 Å². The Morgan fingerprint density at radius 3 is 2.68 bits per heavy atom. The van der Waals surface area contributed by atoms with Crippen LogP contribution in [0.2, 0.25) is 5.02 Å². The predicted molar refractivity (Wildman–Crippen MR) is 81.1 cm³/mol. The van der Waals surface area contributed by atoms with Gasteiger partial charge in [-0.1, -0.05) is 29.8 Å². The van der Waals surface area contributed by atoms with Crippen LogP contribution in [0.4, 0.5) is 4.39 Å².